The third-order valence-electron chi connectivity index (χ3n) is 1.46. The van der Waals surface area contributed by atoms with Crippen LogP contribution in [0.25, 0.3) is 0 Å². The summed E-state index contributed by atoms with van der Waals surface area (Å²) in [4.78, 5) is 11.7. The highest BCUT2D eigenvalue weighted by molar-refractivity contribution is 5.65. The Balaban J connectivity index is 3.92. The van der Waals surface area contributed by atoms with Gasteiger partial charge in [-0.1, -0.05) is 0 Å². The predicted molar refractivity (Wildman–Crippen MR) is 38.9 cm³/mol. The van der Waals surface area contributed by atoms with Gasteiger partial charge in [0.25, 0.3) is 0 Å². The molecule has 0 aromatic carbocycles. The van der Waals surface area contributed by atoms with E-state index >= 15 is 0 Å². The van der Waals surface area contributed by atoms with Crippen molar-refractivity contribution in [1.29, 1.82) is 0 Å². The number of likely N-dealkylation sites (N-methyl/N-ethyl adjacent to an activating group) is 1. The highest BCUT2D eigenvalue weighted by atomic mass is 16.4. The number of amides is 1. The second-order valence-corrected chi connectivity index (χ2v) is 2.15. The lowest BCUT2D eigenvalue weighted by atomic mass is 10.3. The molecule has 0 aliphatic carbocycles. The van der Waals surface area contributed by atoms with E-state index in [0.29, 0.717) is 13.1 Å². The first-order chi connectivity index (χ1) is 4.63. The smallest absolute Gasteiger partial charge is 0.407 e. The van der Waals surface area contributed by atoms with Crippen LogP contribution in [0, 0.1) is 0 Å². The zero-order valence-electron chi connectivity index (χ0n) is 6.37. The predicted octanol–water partition coefficient (Wildman–Crippen LogP) is 0.334. The highest BCUT2D eigenvalue weighted by Crippen LogP contribution is 1.96. The molecule has 4 heteroatoms. The standard InChI is InChI=1S/C6H14N2O2/c1-3-8(6(9)10)5(2)4-7/h5H,3-4,7H2,1-2H3,(H,9,10)/t5-/m1/s1. The summed E-state index contributed by atoms with van der Waals surface area (Å²) in [5.41, 5.74) is 5.28. The summed E-state index contributed by atoms with van der Waals surface area (Å²) in [5.74, 6) is 0. The largest absolute Gasteiger partial charge is 0.465 e. The van der Waals surface area contributed by atoms with E-state index in [-0.39, 0.29) is 6.04 Å². The Hall–Kier alpha value is -0.770. The molecule has 1 atom stereocenters. The topological polar surface area (TPSA) is 66.6 Å². The molecule has 0 radical (unpaired) electrons. The lowest BCUT2D eigenvalue weighted by Crippen LogP contribution is -2.41. The lowest BCUT2D eigenvalue weighted by molar-refractivity contribution is 0.132. The van der Waals surface area contributed by atoms with Crippen molar-refractivity contribution in [2.45, 2.75) is 19.9 Å². The van der Waals surface area contributed by atoms with Gasteiger partial charge in [-0.15, -0.1) is 0 Å². The van der Waals surface area contributed by atoms with Crippen molar-refractivity contribution in [3.63, 3.8) is 0 Å². The van der Waals surface area contributed by atoms with Crippen LogP contribution in [-0.2, 0) is 0 Å². The molecule has 60 valence electrons. The van der Waals surface area contributed by atoms with Gasteiger partial charge in [0.15, 0.2) is 0 Å². The van der Waals surface area contributed by atoms with Crippen LogP contribution in [0.3, 0.4) is 0 Å². The number of carbonyl (C=O) groups is 1. The van der Waals surface area contributed by atoms with Gasteiger partial charge in [-0.2, -0.15) is 0 Å². The molecule has 0 unspecified atom stereocenters. The fourth-order valence-electron chi connectivity index (χ4n) is 0.763. The first-order valence-electron chi connectivity index (χ1n) is 3.33. The maximum Gasteiger partial charge on any atom is 0.407 e. The number of rotatable bonds is 3. The Labute approximate surface area is 60.6 Å². The molecular formula is C6H14N2O2. The molecule has 0 rings (SSSR count). The van der Waals surface area contributed by atoms with Crippen LogP contribution in [0.2, 0.25) is 0 Å². The van der Waals surface area contributed by atoms with Gasteiger partial charge in [0.1, 0.15) is 0 Å². The maximum atomic E-state index is 10.4. The molecule has 0 aliphatic rings. The van der Waals surface area contributed by atoms with Gasteiger partial charge in [-0.25, -0.2) is 4.79 Å². The molecular weight excluding hydrogens is 132 g/mol. The Morgan fingerprint density at radius 1 is 1.80 bits per heavy atom. The van der Waals surface area contributed by atoms with E-state index in [2.05, 4.69) is 0 Å². The van der Waals surface area contributed by atoms with E-state index in [1.54, 1.807) is 13.8 Å². The van der Waals surface area contributed by atoms with E-state index in [0.717, 1.165) is 0 Å². The van der Waals surface area contributed by atoms with Crippen molar-refractivity contribution in [3.8, 4) is 0 Å². The molecule has 0 saturated carbocycles. The van der Waals surface area contributed by atoms with E-state index in [1.807, 2.05) is 0 Å². The molecule has 1 amide bonds. The Morgan fingerprint density at radius 2 is 2.30 bits per heavy atom. The summed E-state index contributed by atoms with van der Waals surface area (Å²) in [5, 5.41) is 8.55. The number of hydrogen-bond acceptors (Lipinski definition) is 2. The summed E-state index contributed by atoms with van der Waals surface area (Å²) in [6, 6.07) is -0.0810. The Morgan fingerprint density at radius 3 is 2.40 bits per heavy atom. The number of nitrogens with zero attached hydrogens (tertiary/aromatic N) is 1. The van der Waals surface area contributed by atoms with Gasteiger partial charge in [0.2, 0.25) is 0 Å². The van der Waals surface area contributed by atoms with E-state index in [1.165, 1.54) is 4.90 Å². The monoisotopic (exact) mass is 146 g/mol. The lowest BCUT2D eigenvalue weighted by Gasteiger charge is -2.23. The Kier molecular flexibility index (Phi) is 3.79. The van der Waals surface area contributed by atoms with E-state index in [4.69, 9.17) is 10.8 Å². The average Bonchev–Trinajstić information content (AvgIpc) is 1.88. The summed E-state index contributed by atoms with van der Waals surface area (Å²) in [6.45, 7) is 4.45. The van der Waals surface area contributed by atoms with Crippen LogP contribution in [0.4, 0.5) is 4.79 Å². The van der Waals surface area contributed by atoms with Crippen LogP contribution in [0.1, 0.15) is 13.8 Å². The third-order valence-corrected chi connectivity index (χ3v) is 1.46. The minimum Gasteiger partial charge on any atom is -0.465 e. The van der Waals surface area contributed by atoms with E-state index < -0.39 is 6.09 Å². The molecule has 0 heterocycles. The van der Waals surface area contributed by atoms with Crippen LogP contribution >= 0.6 is 0 Å². The van der Waals surface area contributed by atoms with Gasteiger partial charge in [-0.3, -0.25) is 0 Å². The quantitative estimate of drug-likeness (QED) is 0.603. The summed E-state index contributed by atoms with van der Waals surface area (Å²) >= 11 is 0. The van der Waals surface area contributed by atoms with Crippen molar-refractivity contribution in [3.05, 3.63) is 0 Å². The number of carboxylic acid groups (broad SMARTS) is 1. The first-order valence-corrected chi connectivity index (χ1v) is 3.33. The zero-order chi connectivity index (χ0) is 8.15. The molecule has 10 heavy (non-hydrogen) atoms. The van der Waals surface area contributed by atoms with Gasteiger partial charge < -0.3 is 15.7 Å². The molecule has 0 fully saturated rings. The minimum absolute atomic E-state index is 0.0810. The zero-order valence-corrected chi connectivity index (χ0v) is 6.37. The molecule has 0 bridgehead atoms. The molecule has 0 saturated heterocycles. The van der Waals surface area contributed by atoms with Crippen molar-refractivity contribution in [2.24, 2.45) is 5.73 Å². The Bertz CT molecular complexity index is 116. The van der Waals surface area contributed by atoms with Crippen LogP contribution in [0.5, 0.6) is 0 Å². The SMILES string of the molecule is CCN(C(=O)O)[C@H](C)CN. The van der Waals surface area contributed by atoms with Crippen molar-refractivity contribution in [1.82, 2.24) is 4.90 Å². The van der Waals surface area contributed by atoms with Crippen LogP contribution in [0.15, 0.2) is 0 Å². The van der Waals surface area contributed by atoms with Crippen LogP contribution in [-0.4, -0.2) is 35.2 Å². The summed E-state index contributed by atoms with van der Waals surface area (Å²) < 4.78 is 0. The van der Waals surface area contributed by atoms with Crippen molar-refractivity contribution >= 4 is 6.09 Å². The molecule has 0 aromatic rings. The second kappa shape index (κ2) is 4.11. The molecule has 4 nitrogen and oxygen atoms in total. The summed E-state index contributed by atoms with van der Waals surface area (Å²) in [6.07, 6.45) is -0.902. The molecule has 0 aromatic heterocycles. The highest BCUT2D eigenvalue weighted by Gasteiger charge is 2.14. The average molecular weight is 146 g/mol. The number of nitrogens with two attached hydrogens (primary N) is 1. The number of hydrogen-bond donors (Lipinski definition) is 2. The van der Waals surface area contributed by atoms with Crippen molar-refractivity contribution < 1.29 is 9.90 Å². The van der Waals surface area contributed by atoms with Gasteiger partial charge >= 0.3 is 6.09 Å². The van der Waals surface area contributed by atoms with Gasteiger partial charge in [0, 0.05) is 19.1 Å². The van der Waals surface area contributed by atoms with Crippen LogP contribution < -0.4 is 5.73 Å². The minimum atomic E-state index is -0.902. The van der Waals surface area contributed by atoms with E-state index in [9.17, 15) is 4.79 Å². The second-order valence-electron chi connectivity index (χ2n) is 2.15. The molecule has 0 spiro atoms. The first kappa shape index (κ1) is 9.23. The van der Waals surface area contributed by atoms with Crippen molar-refractivity contribution in [2.75, 3.05) is 13.1 Å². The third kappa shape index (κ3) is 2.23. The fourth-order valence-corrected chi connectivity index (χ4v) is 0.763. The van der Waals surface area contributed by atoms with Gasteiger partial charge in [-0.05, 0) is 13.8 Å². The molecule has 3 N–H and O–H groups in total. The normalized spacial score (nSPS) is 12.7. The maximum absolute atomic E-state index is 10.4. The summed E-state index contributed by atoms with van der Waals surface area (Å²) in [7, 11) is 0. The fraction of sp³-hybridized carbons (Fsp3) is 0.833. The van der Waals surface area contributed by atoms with Gasteiger partial charge in [0.05, 0.1) is 0 Å². The molecule has 0 aliphatic heterocycles.